The quantitative estimate of drug-likeness (QED) is 0.719. The summed E-state index contributed by atoms with van der Waals surface area (Å²) in [5, 5.41) is 3.69. The molecule has 0 aliphatic carbocycles. The van der Waals surface area contributed by atoms with Gasteiger partial charge < -0.3 is 15.1 Å². The highest BCUT2D eigenvalue weighted by Gasteiger charge is 2.32. The molecule has 1 saturated heterocycles. The van der Waals surface area contributed by atoms with Gasteiger partial charge in [0.05, 0.1) is 10.6 Å². The third kappa shape index (κ3) is 4.82. The highest BCUT2D eigenvalue weighted by atomic mass is 35.5. The Morgan fingerprint density at radius 3 is 2.39 bits per heavy atom. The Labute approximate surface area is 171 Å². The van der Waals surface area contributed by atoms with E-state index in [0.717, 1.165) is 23.5 Å². The van der Waals surface area contributed by atoms with Crippen LogP contribution in [0.5, 0.6) is 0 Å². The summed E-state index contributed by atoms with van der Waals surface area (Å²) in [6, 6.07) is 4.81. The topological polar surface area (TPSA) is 44.3 Å². The van der Waals surface area contributed by atoms with Crippen molar-refractivity contribution >= 4 is 40.6 Å². The Hall–Kier alpha value is -2.13. The Balaban J connectivity index is 1.62. The van der Waals surface area contributed by atoms with Crippen LogP contribution in [-0.4, -0.2) is 46.2 Å². The van der Waals surface area contributed by atoms with Gasteiger partial charge in [-0.15, -0.1) is 0 Å². The summed E-state index contributed by atoms with van der Waals surface area (Å²) in [6.45, 7) is 6.18. The second-order valence-corrected chi connectivity index (χ2v) is 7.40. The first-order chi connectivity index (χ1) is 13.1. The number of thiocarbonyl (C=S) groups is 1. The van der Waals surface area contributed by atoms with Crippen LogP contribution in [0, 0.1) is 13.8 Å². The highest BCUT2D eigenvalue weighted by Crippen LogP contribution is 2.33. The van der Waals surface area contributed by atoms with Gasteiger partial charge in [-0.2, -0.15) is 13.2 Å². The minimum absolute atomic E-state index is 0.0107. The maximum absolute atomic E-state index is 12.8. The first kappa shape index (κ1) is 20.6. The number of hydrogen-bond acceptors (Lipinski definition) is 4. The zero-order valence-electron chi connectivity index (χ0n) is 15.3. The van der Waals surface area contributed by atoms with Crippen LogP contribution < -0.4 is 10.2 Å². The van der Waals surface area contributed by atoms with Crippen molar-refractivity contribution in [1.29, 1.82) is 0 Å². The van der Waals surface area contributed by atoms with Crippen LogP contribution in [0.25, 0.3) is 0 Å². The smallest absolute Gasteiger partial charge is 0.352 e. The van der Waals surface area contributed by atoms with Crippen LogP contribution in [0.2, 0.25) is 5.02 Å². The van der Waals surface area contributed by atoms with Crippen LogP contribution in [0.15, 0.2) is 24.4 Å². The molecule has 1 aliphatic rings. The van der Waals surface area contributed by atoms with Gasteiger partial charge in [0.15, 0.2) is 5.11 Å². The SMILES string of the molecule is Cc1cc(C)nc(NC(=S)N2CCN(c3ncc(C(F)(F)F)cc3Cl)CC2)c1. The third-order valence-corrected chi connectivity index (χ3v) is 4.99. The van der Waals surface area contributed by atoms with E-state index < -0.39 is 11.7 Å². The molecule has 0 spiro atoms. The van der Waals surface area contributed by atoms with Gasteiger partial charge in [0.1, 0.15) is 11.6 Å². The van der Waals surface area contributed by atoms with Crippen molar-refractivity contribution in [2.24, 2.45) is 0 Å². The second-order valence-electron chi connectivity index (χ2n) is 6.60. The molecule has 0 saturated carbocycles. The molecule has 1 aliphatic heterocycles. The number of hydrogen-bond donors (Lipinski definition) is 1. The molecule has 1 fully saturated rings. The van der Waals surface area contributed by atoms with E-state index in [1.807, 2.05) is 35.8 Å². The molecule has 0 radical (unpaired) electrons. The highest BCUT2D eigenvalue weighted by molar-refractivity contribution is 7.80. The summed E-state index contributed by atoms with van der Waals surface area (Å²) in [5.74, 6) is 1.04. The van der Waals surface area contributed by atoms with Crippen LogP contribution in [0.1, 0.15) is 16.8 Å². The first-order valence-electron chi connectivity index (χ1n) is 8.62. The fourth-order valence-electron chi connectivity index (χ4n) is 3.03. The van der Waals surface area contributed by atoms with Crippen molar-refractivity contribution in [2.45, 2.75) is 20.0 Å². The number of pyridine rings is 2. The van der Waals surface area contributed by atoms with Gasteiger partial charge in [-0.1, -0.05) is 11.6 Å². The summed E-state index contributed by atoms with van der Waals surface area (Å²) in [6.07, 6.45) is -3.65. The minimum atomic E-state index is -4.46. The van der Waals surface area contributed by atoms with E-state index in [9.17, 15) is 13.2 Å². The third-order valence-electron chi connectivity index (χ3n) is 4.35. The van der Waals surface area contributed by atoms with E-state index in [-0.39, 0.29) is 5.02 Å². The van der Waals surface area contributed by atoms with Crippen molar-refractivity contribution in [1.82, 2.24) is 14.9 Å². The summed E-state index contributed by atoms with van der Waals surface area (Å²) in [4.78, 5) is 12.2. The normalized spacial score (nSPS) is 14.9. The van der Waals surface area contributed by atoms with Gasteiger partial charge in [-0.3, -0.25) is 0 Å². The van der Waals surface area contributed by atoms with Crippen LogP contribution in [0.4, 0.5) is 24.8 Å². The Bertz CT molecular complexity index is 862. The van der Waals surface area contributed by atoms with Crippen molar-refractivity contribution in [3.63, 3.8) is 0 Å². The number of aryl methyl sites for hydroxylation is 2. The molecule has 2 aromatic heterocycles. The number of aromatic nitrogens is 2. The summed E-state index contributed by atoms with van der Waals surface area (Å²) in [5.41, 5.74) is 1.13. The molecular formula is C18H19ClF3N5S. The summed E-state index contributed by atoms with van der Waals surface area (Å²) in [7, 11) is 0. The minimum Gasteiger partial charge on any atom is -0.352 e. The molecule has 0 atom stereocenters. The fourth-order valence-corrected chi connectivity index (χ4v) is 3.61. The average molecular weight is 430 g/mol. The van der Waals surface area contributed by atoms with Gasteiger partial charge in [0.25, 0.3) is 0 Å². The molecule has 10 heteroatoms. The number of nitrogens with one attached hydrogen (secondary N) is 1. The molecular weight excluding hydrogens is 411 g/mol. The second kappa shape index (κ2) is 8.08. The van der Waals surface area contributed by atoms with Crippen molar-refractivity contribution in [2.75, 3.05) is 36.4 Å². The van der Waals surface area contributed by atoms with Crippen LogP contribution in [-0.2, 0) is 6.18 Å². The van der Waals surface area contributed by atoms with Crippen LogP contribution in [0.3, 0.4) is 0 Å². The Kier molecular flexibility index (Phi) is 5.95. The molecule has 0 aromatic carbocycles. The predicted octanol–water partition coefficient (Wildman–Crippen LogP) is 4.28. The number of anilines is 2. The van der Waals surface area contributed by atoms with E-state index in [4.69, 9.17) is 23.8 Å². The first-order valence-corrected chi connectivity index (χ1v) is 9.41. The van der Waals surface area contributed by atoms with Crippen LogP contribution >= 0.6 is 23.8 Å². The molecule has 2 aromatic rings. The van der Waals surface area contributed by atoms with Gasteiger partial charge in [0, 0.05) is 38.1 Å². The molecule has 0 unspecified atom stereocenters. The lowest BCUT2D eigenvalue weighted by Gasteiger charge is -2.37. The van der Waals surface area contributed by atoms with Crippen molar-refractivity contribution in [3.8, 4) is 0 Å². The van der Waals surface area contributed by atoms with E-state index in [0.29, 0.717) is 42.9 Å². The lowest BCUT2D eigenvalue weighted by atomic mass is 10.2. The van der Waals surface area contributed by atoms with E-state index >= 15 is 0 Å². The van der Waals surface area contributed by atoms with Crippen molar-refractivity contribution in [3.05, 3.63) is 46.2 Å². The molecule has 150 valence electrons. The van der Waals surface area contributed by atoms with Gasteiger partial charge in [-0.25, -0.2) is 9.97 Å². The molecule has 3 rings (SSSR count). The zero-order valence-corrected chi connectivity index (χ0v) is 16.9. The zero-order chi connectivity index (χ0) is 20.5. The standard InChI is InChI=1S/C18H19ClF3N5S/c1-11-7-12(2)24-15(8-11)25-17(28)27-5-3-26(4-6-27)16-14(19)9-13(10-23-16)18(20,21)22/h7-10H,3-6H2,1-2H3,(H,24,25,28). The molecule has 5 nitrogen and oxygen atoms in total. The van der Waals surface area contributed by atoms with Gasteiger partial charge in [-0.05, 0) is 49.8 Å². The number of alkyl halides is 3. The van der Waals surface area contributed by atoms with E-state index in [1.165, 1.54) is 0 Å². The maximum Gasteiger partial charge on any atom is 0.417 e. The maximum atomic E-state index is 12.8. The molecule has 3 heterocycles. The Morgan fingerprint density at radius 2 is 1.82 bits per heavy atom. The van der Waals surface area contributed by atoms with Gasteiger partial charge >= 0.3 is 6.18 Å². The van der Waals surface area contributed by atoms with E-state index in [1.54, 1.807) is 0 Å². The summed E-state index contributed by atoms with van der Waals surface area (Å²) < 4.78 is 38.3. The predicted molar refractivity (Wildman–Crippen MR) is 108 cm³/mol. The van der Waals surface area contributed by atoms with Crippen molar-refractivity contribution < 1.29 is 13.2 Å². The number of halogens is 4. The monoisotopic (exact) mass is 429 g/mol. The van der Waals surface area contributed by atoms with E-state index in [2.05, 4.69) is 15.3 Å². The molecule has 28 heavy (non-hydrogen) atoms. The molecule has 0 amide bonds. The molecule has 1 N–H and O–H groups in total. The summed E-state index contributed by atoms with van der Waals surface area (Å²) >= 11 is 11.5. The lowest BCUT2D eigenvalue weighted by Crippen LogP contribution is -2.50. The van der Waals surface area contributed by atoms with Gasteiger partial charge in [0.2, 0.25) is 0 Å². The fraction of sp³-hybridized carbons (Fsp3) is 0.389. The molecule has 0 bridgehead atoms. The largest absolute Gasteiger partial charge is 0.417 e. The lowest BCUT2D eigenvalue weighted by molar-refractivity contribution is -0.137. The number of piperazine rings is 1. The number of rotatable bonds is 2. The average Bonchev–Trinajstić information content (AvgIpc) is 2.60. The Morgan fingerprint density at radius 1 is 1.14 bits per heavy atom. The number of nitrogens with zero attached hydrogens (tertiary/aromatic N) is 4.